The minimum atomic E-state index is -0.666. The fourth-order valence-corrected chi connectivity index (χ4v) is 3.43. The van der Waals surface area contributed by atoms with Gasteiger partial charge < -0.3 is 19.2 Å². The smallest absolute Gasteiger partial charge is 0.292 e. The van der Waals surface area contributed by atoms with Gasteiger partial charge in [-0.05, 0) is 35.9 Å². The average molecular weight is 488 g/mol. The van der Waals surface area contributed by atoms with E-state index in [1.807, 2.05) is 6.07 Å². The van der Waals surface area contributed by atoms with Crippen LogP contribution in [0.2, 0.25) is 0 Å². The van der Waals surface area contributed by atoms with Crippen molar-refractivity contribution in [2.75, 3.05) is 19.2 Å². The molecule has 2 heterocycles. The molecule has 4 rings (SSSR count). The molecule has 0 aliphatic heterocycles. The standard InChI is InChI=1S/C25H17FN4O6/c1-34-14-36-23-11-16(26)7-8-18(23)21-12-19(15-4-2-5-17(10-15)30(32)33)20(13-27)24(28-21)29-25(31)22-6-3-9-35-22/h2-12H,14H2,1H3,(H,28,29,31). The van der Waals surface area contributed by atoms with Crippen LogP contribution in [0.1, 0.15) is 16.1 Å². The van der Waals surface area contributed by atoms with E-state index in [1.54, 1.807) is 6.07 Å². The van der Waals surface area contributed by atoms with E-state index in [0.717, 1.165) is 6.07 Å². The largest absolute Gasteiger partial charge is 0.467 e. The number of benzene rings is 2. The monoisotopic (exact) mass is 488 g/mol. The number of non-ortho nitro benzene ring substituents is 1. The summed E-state index contributed by atoms with van der Waals surface area (Å²) < 4.78 is 29.5. The highest BCUT2D eigenvalue weighted by atomic mass is 19.1. The summed E-state index contributed by atoms with van der Waals surface area (Å²) in [5, 5.41) is 23.9. The summed E-state index contributed by atoms with van der Waals surface area (Å²) >= 11 is 0. The van der Waals surface area contributed by atoms with E-state index < -0.39 is 16.6 Å². The van der Waals surface area contributed by atoms with Crippen molar-refractivity contribution >= 4 is 17.4 Å². The van der Waals surface area contributed by atoms with E-state index in [2.05, 4.69) is 10.3 Å². The van der Waals surface area contributed by atoms with Crippen LogP contribution in [0.4, 0.5) is 15.9 Å². The summed E-state index contributed by atoms with van der Waals surface area (Å²) in [4.78, 5) is 27.9. The molecule has 0 saturated heterocycles. The molecule has 2 aromatic heterocycles. The zero-order valence-electron chi connectivity index (χ0n) is 18.7. The van der Waals surface area contributed by atoms with Crippen molar-refractivity contribution in [3.63, 3.8) is 0 Å². The number of carbonyl (C=O) groups is 1. The first-order valence-electron chi connectivity index (χ1n) is 10.4. The third-order valence-electron chi connectivity index (χ3n) is 5.03. The Balaban J connectivity index is 1.94. The van der Waals surface area contributed by atoms with Crippen molar-refractivity contribution in [1.82, 2.24) is 4.98 Å². The second kappa shape index (κ2) is 10.5. The number of nitrogens with one attached hydrogen (secondary N) is 1. The van der Waals surface area contributed by atoms with Gasteiger partial charge >= 0.3 is 0 Å². The highest BCUT2D eigenvalue weighted by Crippen LogP contribution is 2.37. The molecule has 180 valence electrons. The van der Waals surface area contributed by atoms with Crippen molar-refractivity contribution in [2.24, 2.45) is 0 Å². The minimum absolute atomic E-state index is 0.0195. The fourth-order valence-electron chi connectivity index (χ4n) is 3.43. The molecule has 0 radical (unpaired) electrons. The van der Waals surface area contributed by atoms with Gasteiger partial charge in [-0.3, -0.25) is 14.9 Å². The number of ether oxygens (including phenoxy) is 2. The number of aromatic nitrogens is 1. The number of halogens is 1. The maximum Gasteiger partial charge on any atom is 0.292 e. The van der Waals surface area contributed by atoms with Gasteiger partial charge in [0.25, 0.3) is 11.6 Å². The predicted octanol–water partition coefficient (Wildman–Crippen LogP) is 5.16. The number of carbonyl (C=O) groups excluding carboxylic acids is 1. The van der Waals surface area contributed by atoms with Crippen LogP contribution in [0.25, 0.3) is 22.4 Å². The second-order valence-electron chi connectivity index (χ2n) is 7.32. The van der Waals surface area contributed by atoms with Crippen molar-refractivity contribution in [2.45, 2.75) is 0 Å². The number of nitro groups is 1. The third-order valence-corrected chi connectivity index (χ3v) is 5.03. The van der Waals surface area contributed by atoms with Crippen LogP contribution in [-0.2, 0) is 4.74 Å². The van der Waals surface area contributed by atoms with Gasteiger partial charge in [0.15, 0.2) is 18.4 Å². The van der Waals surface area contributed by atoms with Crippen molar-refractivity contribution in [1.29, 1.82) is 5.26 Å². The summed E-state index contributed by atoms with van der Waals surface area (Å²) in [6.45, 7) is -0.174. The Morgan fingerprint density at radius 3 is 2.72 bits per heavy atom. The highest BCUT2D eigenvalue weighted by Gasteiger charge is 2.21. The van der Waals surface area contributed by atoms with E-state index in [9.17, 15) is 24.6 Å². The van der Waals surface area contributed by atoms with E-state index in [0.29, 0.717) is 11.1 Å². The molecule has 0 aliphatic rings. The van der Waals surface area contributed by atoms with Crippen molar-refractivity contribution < 1.29 is 28.0 Å². The normalized spacial score (nSPS) is 10.5. The first-order valence-corrected chi connectivity index (χ1v) is 10.4. The zero-order chi connectivity index (χ0) is 25.7. The number of methoxy groups -OCH3 is 1. The molecule has 0 unspecified atom stereocenters. The number of pyridine rings is 1. The van der Waals surface area contributed by atoms with Gasteiger partial charge in [0.05, 0.1) is 16.9 Å². The summed E-state index contributed by atoms with van der Waals surface area (Å²) in [6.07, 6.45) is 1.32. The Morgan fingerprint density at radius 1 is 1.19 bits per heavy atom. The Hall–Kier alpha value is -5.08. The van der Waals surface area contributed by atoms with Gasteiger partial charge in [-0.1, -0.05) is 12.1 Å². The van der Waals surface area contributed by atoms with Gasteiger partial charge in [-0.2, -0.15) is 5.26 Å². The summed E-state index contributed by atoms with van der Waals surface area (Å²) in [6, 6.07) is 15.9. The first-order chi connectivity index (χ1) is 17.4. The highest BCUT2D eigenvalue weighted by molar-refractivity contribution is 6.03. The lowest BCUT2D eigenvalue weighted by atomic mass is 9.97. The molecule has 0 bridgehead atoms. The number of hydrogen-bond acceptors (Lipinski definition) is 8. The van der Waals surface area contributed by atoms with E-state index in [4.69, 9.17) is 13.9 Å². The maximum atomic E-state index is 14.0. The molecular formula is C25H17FN4O6. The SMILES string of the molecule is COCOc1cc(F)ccc1-c1cc(-c2cccc([N+](=O)[O-])c2)c(C#N)c(NC(=O)c2ccco2)n1. The van der Waals surface area contributed by atoms with Crippen LogP contribution in [0.5, 0.6) is 5.75 Å². The van der Waals surface area contributed by atoms with Gasteiger partial charge in [-0.25, -0.2) is 9.37 Å². The Kier molecular flexibility index (Phi) is 6.99. The molecule has 0 saturated carbocycles. The number of anilines is 1. The quantitative estimate of drug-likeness (QED) is 0.204. The van der Waals surface area contributed by atoms with E-state index in [-0.39, 0.29) is 46.6 Å². The average Bonchev–Trinajstić information content (AvgIpc) is 3.42. The lowest BCUT2D eigenvalue weighted by molar-refractivity contribution is -0.384. The van der Waals surface area contributed by atoms with Crippen LogP contribution < -0.4 is 10.1 Å². The van der Waals surface area contributed by atoms with Gasteiger partial charge in [0, 0.05) is 36.4 Å². The molecule has 11 heteroatoms. The summed E-state index contributed by atoms with van der Waals surface area (Å²) in [5.74, 6) is -1.28. The molecule has 36 heavy (non-hydrogen) atoms. The molecule has 4 aromatic rings. The number of rotatable bonds is 8. The van der Waals surface area contributed by atoms with Crippen LogP contribution in [0.15, 0.2) is 71.3 Å². The summed E-state index contributed by atoms with van der Waals surface area (Å²) in [5.41, 5.74) is 0.888. The molecule has 1 N–H and O–H groups in total. The number of nitriles is 1. The maximum absolute atomic E-state index is 14.0. The second-order valence-corrected chi connectivity index (χ2v) is 7.32. The van der Waals surface area contributed by atoms with Gasteiger partial charge in [0.1, 0.15) is 23.2 Å². The number of nitro benzene ring substituents is 1. The first kappa shape index (κ1) is 24.1. The van der Waals surface area contributed by atoms with E-state index in [1.165, 1.54) is 61.9 Å². The topological polar surface area (TPSA) is 141 Å². The lowest BCUT2D eigenvalue weighted by Gasteiger charge is -2.15. The zero-order valence-corrected chi connectivity index (χ0v) is 18.7. The van der Waals surface area contributed by atoms with Crippen molar-refractivity contribution in [3.8, 4) is 34.2 Å². The molecule has 0 fully saturated rings. The Bertz CT molecular complexity index is 1480. The predicted molar refractivity (Wildman–Crippen MR) is 126 cm³/mol. The number of furan rings is 1. The van der Waals surface area contributed by atoms with Gasteiger partial charge in [-0.15, -0.1) is 0 Å². The summed E-state index contributed by atoms with van der Waals surface area (Å²) in [7, 11) is 1.40. The van der Waals surface area contributed by atoms with Crippen LogP contribution >= 0.6 is 0 Å². The molecule has 0 spiro atoms. The number of hydrogen-bond donors (Lipinski definition) is 1. The third kappa shape index (κ3) is 5.03. The van der Waals surface area contributed by atoms with Crippen LogP contribution in [0, 0.1) is 27.3 Å². The Labute approximate surface area is 203 Å². The van der Waals surface area contributed by atoms with E-state index >= 15 is 0 Å². The molecular weight excluding hydrogens is 471 g/mol. The minimum Gasteiger partial charge on any atom is -0.467 e. The molecule has 10 nitrogen and oxygen atoms in total. The molecule has 0 aliphatic carbocycles. The fraction of sp³-hybridized carbons (Fsp3) is 0.0800. The lowest BCUT2D eigenvalue weighted by Crippen LogP contribution is -2.14. The number of amides is 1. The van der Waals surface area contributed by atoms with Gasteiger partial charge in [0.2, 0.25) is 0 Å². The van der Waals surface area contributed by atoms with Crippen molar-refractivity contribution in [3.05, 3.63) is 94.2 Å². The van der Waals surface area contributed by atoms with Crippen LogP contribution in [-0.4, -0.2) is 29.7 Å². The molecule has 1 amide bonds. The molecule has 2 aromatic carbocycles. The Morgan fingerprint density at radius 2 is 2.03 bits per heavy atom. The van der Waals surface area contributed by atoms with Crippen LogP contribution in [0.3, 0.4) is 0 Å². The molecule has 0 atom stereocenters. The number of nitrogens with zero attached hydrogens (tertiary/aromatic N) is 3.